The Morgan fingerprint density at radius 3 is 2.56 bits per heavy atom. The Balaban J connectivity index is 2.67. The van der Waals surface area contributed by atoms with Gasteiger partial charge in [-0.15, -0.1) is 0 Å². The molecule has 0 aliphatic heterocycles. The molecule has 1 aromatic heterocycles. The SMILES string of the molecule is Cc1cc2cc(C(C)(C)C#N)ccc2n1C. The summed E-state index contributed by atoms with van der Waals surface area (Å²) in [5.41, 5.74) is 3.11. The van der Waals surface area contributed by atoms with E-state index in [9.17, 15) is 0 Å². The molecule has 2 rings (SSSR count). The summed E-state index contributed by atoms with van der Waals surface area (Å²) in [4.78, 5) is 0. The molecule has 0 saturated heterocycles. The van der Waals surface area contributed by atoms with Gasteiger partial charge < -0.3 is 4.57 Å². The standard InChI is InChI=1S/C14H16N2/c1-10-7-11-8-12(14(2,3)9-15)5-6-13(11)16(10)4/h5-8H,1-4H3. The molecule has 0 N–H and O–H groups in total. The van der Waals surface area contributed by atoms with Gasteiger partial charge in [-0.25, -0.2) is 0 Å². The number of rotatable bonds is 1. The highest BCUT2D eigenvalue weighted by atomic mass is 14.9. The highest BCUT2D eigenvalue weighted by molar-refractivity contribution is 5.82. The van der Waals surface area contributed by atoms with Crippen LogP contribution in [0.2, 0.25) is 0 Å². The van der Waals surface area contributed by atoms with Crippen LogP contribution in [0.4, 0.5) is 0 Å². The van der Waals surface area contributed by atoms with Crippen molar-refractivity contribution in [2.24, 2.45) is 7.05 Å². The molecular formula is C14H16N2. The Bertz CT molecular complexity index is 583. The Morgan fingerprint density at radius 1 is 1.25 bits per heavy atom. The monoisotopic (exact) mass is 212 g/mol. The van der Waals surface area contributed by atoms with Crippen LogP contribution in [0.3, 0.4) is 0 Å². The first-order chi connectivity index (χ1) is 7.45. The van der Waals surface area contributed by atoms with Gasteiger partial charge in [0.15, 0.2) is 0 Å². The molecule has 0 bridgehead atoms. The molecule has 0 aliphatic rings. The quantitative estimate of drug-likeness (QED) is 0.713. The molecule has 2 nitrogen and oxygen atoms in total. The molecule has 1 heterocycles. The molecule has 0 aliphatic carbocycles. The molecule has 0 saturated carbocycles. The fraction of sp³-hybridized carbons (Fsp3) is 0.357. The second kappa shape index (κ2) is 3.38. The van der Waals surface area contributed by atoms with Crippen molar-refractivity contribution in [1.82, 2.24) is 4.57 Å². The van der Waals surface area contributed by atoms with Gasteiger partial charge in [0.05, 0.1) is 11.5 Å². The minimum atomic E-state index is -0.419. The molecule has 82 valence electrons. The van der Waals surface area contributed by atoms with E-state index in [4.69, 9.17) is 5.26 Å². The smallest absolute Gasteiger partial charge is 0.0766 e. The van der Waals surface area contributed by atoms with Crippen molar-refractivity contribution in [2.45, 2.75) is 26.2 Å². The van der Waals surface area contributed by atoms with Crippen LogP contribution in [0, 0.1) is 18.3 Å². The lowest BCUT2D eigenvalue weighted by molar-refractivity contribution is 0.688. The van der Waals surface area contributed by atoms with Crippen LogP contribution in [0.1, 0.15) is 25.1 Å². The summed E-state index contributed by atoms with van der Waals surface area (Å²) < 4.78 is 2.17. The summed E-state index contributed by atoms with van der Waals surface area (Å²) in [6.45, 7) is 5.99. The minimum absolute atomic E-state index is 0.419. The highest BCUT2D eigenvalue weighted by Gasteiger charge is 2.20. The third kappa shape index (κ3) is 1.49. The number of hydrogen-bond donors (Lipinski definition) is 0. The van der Waals surface area contributed by atoms with Crippen LogP contribution in [0.5, 0.6) is 0 Å². The number of aryl methyl sites for hydroxylation is 2. The van der Waals surface area contributed by atoms with Crippen molar-refractivity contribution in [3.8, 4) is 6.07 Å². The first-order valence-electron chi connectivity index (χ1n) is 5.43. The summed E-state index contributed by atoms with van der Waals surface area (Å²) >= 11 is 0. The van der Waals surface area contributed by atoms with Gasteiger partial charge in [0.1, 0.15) is 0 Å². The third-order valence-corrected chi connectivity index (χ3v) is 3.28. The Kier molecular flexibility index (Phi) is 2.27. The third-order valence-electron chi connectivity index (χ3n) is 3.28. The van der Waals surface area contributed by atoms with Gasteiger partial charge >= 0.3 is 0 Å². The molecular weight excluding hydrogens is 196 g/mol. The van der Waals surface area contributed by atoms with Gasteiger partial charge in [-0.1, -0.05) is 6.07 Å². The lowest BCUT2D eigenvalue weighted by Gasteiger charge is -2.15. The molecule has 0 unspecified atom stereocenters. The Hall–Kier alpha value is -1.75. The molecule has 1 aromatic carbocycles. The molecule has 0 fully saturated rings. The van der Waals surface area contributed by atoms with Crippen LogP contribution >= 0.6 is 0 Å². The first kappa shape index (κ1) is 10.8. The summed E-state index contributed by atoms with van der Waals surface area (Å²) in [5.74, 6) is 0. The van der Waals surface area contributed by atoms with Crippen molar-refractivity contribution >= 4 is 10.9 Å². The maximum atomic E-state index is 9.12. The summed E-state index contributed by atoms with van der Waals surface area (Å²) in [6, 6.07) is 10.8. The molecule has 0 atom stereocenters. The van der Waals surface area contributed by atoms with Crippen molar-refractivity contribution in [3.05, 3.63) is 35.5 Å². The number of nitriles is 1. The molecule has 0 spiro atoms. The van der Waals surface area contributed by atoms with Gasteiger partial charge in [-0.2, -0.15) is 5.26 Å². The normalized spacial score (nSPS) is 11.7. The second-order valence-electron chi connectivity index (χ2n) is 4.86. The van der Waals surface area contributed by atoms with Gasteiger partial charge in [-0.3, -0.25) is 0 Å². The van der Waals surface area contributed by atoms with Crippen molar-refractivity contribution in [1.29, 1.82) is 5.26 Å². The van der Waals surface area contributed by atoms with Crippen molar-refractivity contribution < 1.29 is 0 Å². The highest BCUT2D eigenvalue weighted by Crippen LogP contribution is 2.27. The van der Waals surface area contributed by atoms with Gasteiger partial charge in [0.25, 0.3) is 0 Å². The average molecular weight is 212 g/mol. The lowest BCUT2D eigenvalue weighted by Crippen LogP contribution is -2.13. The summed E-state index contributed by atoms with van der Waals surface area (Å²) in [6.07, 6.45) is 0. The van der Waals surface area contributed by atoms with Crippen LogP contribution in [-0.2, 0) is 12.5 Å². The zero-order valence-corrected chi connectivity index (χ0v) is 10.2. The fourth-order valence-corrected chi connectivity index (χ4v) is 1.94. The van der Waals surface area contributed by atoms with E-state index in [2.05, 4.69) is 42.8 Å². The van der Waals surface area contributed by atoms with Crippen molar-refractivity contribution in [2.75, 3.05) is 0 Å². The lowest BCUT2D eigenvalue weighted by atomic mass is 9.86. The van der Waals surface area contributed by atoms with Crippen LogP contribution in [0.25, 0.3) is 10.9 Å². The van der Waals surface area contributed by atoms with Crippen LogP contribution in [0.15, 0.2) is 24.3 Å². The largest absolute Gasteiger partial charge is 0.348 e. The maximum absolute atomic E-state index is 9.12. The van der Waals surface area contributed by atoms with Crippen LogP contribution < -0.4 is 0 Å². The van der Waals surface area contributed by atoms with E-state index in [-0.39, 0.29) is 0 Å². The van der Waals surface area contributed by atoms with Crippen LogP contribution in [-0.4, -0.2) is 4.57 Å². The van der Waals surface area contributed by atoms with E-state index in [1.807, 2.05) is 19.9 Å². The zero-order valence-electron chi connectivity index (χ0n) is 10.2. The molecule has 2 aromatic rings. The number of benzene rings is 1. The first-order valence-corrected chi connectivity index (χ1v) is 5.43. The van der Waals surface area contributed by atoms with E-state index in [1.54, 1.807) is 0 Å². The number of fused-ring (bicyclic) bond motifs is 1. The second-order valence-corrected chi connectivity index (χ2v) is 4.86. The molecule has 0 radical (unpaired) electrons. The average Bonchev–Trinajstić information content (AvgIpc) is 2.54. The van der Waals surface area contributed by atoms with Crippen molar-refractivity contribution in [3.63, 3.8) is 0 Å². The van der Waals surface area contributed by atoms with E-state index in [0.29, 0.717) is 0 Å². The van der Waals surface area contributed by atoms with E-state index >= 15 is 0 Å². The topological polar surface area (TPSA) is 28.7 Å². The summed E-state index contributed by atoms with van der Waals surface area (Å²) in [7, 11) is 2.06. The molecule has 2 heteroatoms. The number of nitrogens with zero attached hydrogens (tertiary/aromatic N) is 2. The van der Waals surface area contributed by atoms with E-state index < -0.39 is 5.41 Å². The predicted octanol–water partition coefficient (Wildman–Crippen LogP) is 3.29. The van der Waals surface area contributed by atoms with Gasteiger partial charge in [-0.05, 0) is 44.5 Å². The summed E-state index contributed by atoms with van der Waals surface area (Å²) in [5, 5.41) is 10.3. The Morgan fingerprint density at radius 2 is 1.94 bits per heavy atom. The molecule has 0 amide bonds. The van der Waals surface area contributed by atoms with E-state index in [1.165, 1.54) is 16.6 Å². The number of hydrogen-bond acceptors (Lipinski definition) is 1. The molecule has 16 heavy (non-hydrogen) atoms. The number of aromatic nitrogens is 1. The minimum Gasteiger partial charge on any atom is -0.348 e. The van der Waals surface area contributed by atoms with Gasteiger partial charge in [0, 0.05) is 23.6 Å². The maximum Gasteiger partial charge on any atom is 0.0766 e. The Labute approximate surface area is 96.1 Å². The van der Waals surface area contributed by atoms with E-state index in [0.717, 1.165) is 5.56 Å². The fourth-order valence-electron chi connectivity index (χ4n) is 1.94. The predicted molar refractivity (Wildman–Crippen MR) is 66.3 cm³/mol. The zero-order chi connectivity index (χ0) is 11.9. The van der Waals surface area contributed by atoms with Gasteiger partial charge in [0.2, 0.25) is 0 Å².